The topological polar surface area (TPSA) is 95.3 Å². The predicted molar refractivity (Wildman–Crippen MR) is 127 cm³/mol. The zero-order chi connectivity index (χ0) is 23.7. The van der Waals surface area contributed by atoms with Crippen molar-refractivity contribution in [3.63, 3.8) is 0 Å². The quantitative estimate of drug-likeness (QED) is 0.593. The smallest absolute Gasteiger partial charge is 0.338 e. The van der Waals surface area contributed by atoms with Gasteiger partial charge in [-0.3, -0.25) is 4.79 Å². The number of pyridine rings is 1. The number of esters is 1. The van der Waals surface area contributed by atoms with Gasteiger partial charge in [0.1, 0.15) is 18.4 Å². The summed E-state index contributed by atoms with van der Waals surface area (Å²) in [5, 5.41) is 13.9. The van der Waals surface area contributed by atoms with Crippen molar-refractivity contribution in [1.29, 1.82) is 5.26 Å². The van der Waals surface area contributed by atoms with Crippen LogP contribution in [0.15, 0.2) is 42.6 Å². The van der Waals surface area contributed by atoms with Crippen LogP contribution in [0.1, 0.15) is 55.9 Å². The molecular formula is C27H26N4O3. The third-order valence-corrected chi connectivity index (χ3v) is 7.03. The standard InChI is InChI=1S/C27H26N4O3/c1-17-18(6-7-23-24(17)16-34-27(23)33)8-11-31-12-9-20(10-13-31)30-26(32)25-22-5-3-2-4-21(22)19(14-28)15-29-25/h2-7,15,20H,8-13,16H2,1H3,(H,30,32). The monoisotopic (exact) mass is 454 g/mol. The van der Waals surface area contributed by atoms with Gasteiger partial charge in [0.15, 0.2) is 0 Å². The molecule has 0 bridgehead atoms. The number of hydrogen-bond acceptors (Lipinski definition) is 6. The molecule has 7 heteroatoms. The van der Waals surface area contributed by atoms with E-state index in [0.29, 0.717) is 28.8 Å². The number of nitriles is 1. The van der Waals surface area contributed by atoms with Gasteiger partial charge < -0.3 is 15.0 Å². The Balaban J connectivity index is 1.17. The predicted octanol–water partition coefficient (Wildman–Crippen LogP) is 3.52. The molecule has 1 N–H and O–H groups in total. The normalized spacial score (nSPS) is 16.2. The summed E-state index contributed by atoms with van der Waals surface area (Å²) in [6, 6.07) is 13.6. The van der Waals surface area contributed by atoms with E-state index in [9.17, 15) is 14.9 Å². The van der Waals surface area contributed by atoms with E-state index >= 15 is 0 Å². The Morgan fingerprint density at radius 2 is 1.97 bits per heavy atom. The lowest BCUT2D eigenvalue weighted by molar-refractivity contribution is 0.0534. The molecule has 3 aromatic rings. The molecule has 2 aliphatic heterocycles. The highest BCUT2D eigenvalue weighted by molar-refractivity contribution is 6.06. The molecule has 34 heavy (non-hydrogen) atoms. The van der Waals surface area contributed by atoms with Crippen LogP contribution < -0.4 is 5.32 Å². The maximum Gasteiger partial charge on any atom is 0.338 e. The van der Waals surface area contributed by atoms with Gasteiger partial charge in [0.05, 0.1) is 11.1 Å². The molecule has 7 nitrogen and oxygen atoms in total. The lowest BCUT2D eigenvalue weighted by Gasteiger charge is -2.32. The molecule has 2 aromatic carbocycles. The van der Waals surface area contributed by atoms with Gasteiger partial charge >= 0.3 is 5.97 Å². The molecule has 1 aromatic heterocycles. The van der Waals surface area contributed by atoms with E-state index in [1.807, 2.05) is 36.4 Å². The van der Waals surface area contributed by atoms with Crippen LogP contribution >= 0.6 is 0 Å². The van der Waals surface area contributed by atoms with Gasteiger partial charge in [0, 0.05) is 48.2 Å². The molecule has 0 spiro atoms. The highest BCUT2D eigenvalue weighted by Gasteiger charge is 2.25. The van der Waals surface area contributed by atoms with Crippen molar-refractivity contribution >= 4 is 22.6 Å². The highest BCUT2D eigenvalue weighted by Crippen LogP contribution is 2.26. The SMILES string of the molecule is Cc1c(CCN2CCC(NC(=O)c3ncc(C#N)c4ccccc34)CC2)ccc2c1COC2=O. The number of hydrogen-bond donors (Lipinski definition) is 1. The number of fused-ring (bicyclic) bond motifs is 2. The summed E-state index contributed by atoms with van der Waals surface area (Å²) in [5.74, 6) is -0.414. The van der Waals surface area contributed by atoms with Crippen molar-refractivity contribution in [2.45, 2.75) is 38.8 Å². The first-order chi connectivity index (χ1) is 16.5. The number of nitrogens with one attached hydrogen (secondary N) is 1. The molecule has 3 heterocycles. The summed E-state index contributed by atoms with van der Waals surface area (Å²) in [4.78, 5) is 31.4. The fraction of sp³-hybridized carbons (Fsp3) is 0.333. The Bertz CT molecular complexity index is 1320. The van der Waals surface area contributed by atoms with Crippen LogP contribution in [0.3, 0.4) is 0 Å². The molecule has 0 aliphatic carbocycles. The van der Waals surface area contributed by atoms with Gasteiger partial charge in [-0.2, -0.15) is 5.26 Å². The first-order valence-electron chi connectivity index (χ1n) is 11.6. The number of aromatic nitrogens is 1. The van der Waals surface area contributed by atoms with Gasteiger partial charge in [-0.25, -0.2) is 9.78 Å². The second kappa shape index (κ2) is 9.24. The van der Waals surface area contributed by atoms with Gasteiger partial charge in [0.25, 0.3) is 5.91 Å². The van der Waals surface area contributed by atoms with Crippen molar-refractivity contribution < 1.29 is 14.3 Å². The number of rotatable bonds is 5. The molecule has 0 saturated carbocycles. The van der Waals surface area contributed by atoms with Crippen LogP contribution in [-0.2, 0) is 17.8 Å². The Morgan fingerprint density at radius 3 is 2.74 bits per heavy atom. The molecule has 1 amide bonds. The number of likely N-dealkylation sites (tertiary alicyclic amines) is 1. The summed E-state index contributed by atoms with van der Waals surface area (Å²) in [5.41, 5.74) is 4.97. The average molecular weight is 455 g/mol. The van der Waals surface area contributed by atoms with E-state index < -0.39 is 0 Å². The number of ether oxygens (including phenoxy) is 1. The second-order valence-electron chi connectivity index (χ2n) is 8.97. The molecule has 0 radical (unpaired) electrons. The zero-order valence-corrected chi connectivity index (χ0v) is 19.1. The fourth-order valence-electron chi connectivity index (χ4n) is 4.96. The molecule has 5 rings (SSSR count). The summed E-state index contributed by atoms with van der Waals surface area (Å²) in [6.07, 6.45) is 4.16. The minimum atomic E-state index is -0.224. The molecule has 1 fully saturated rings. The third kappa shape index (κ3) is 4.13. The number of amides is 1. The minimum absolute atomic E-state index is 0.102. The van der Waals surface area contributed by atoms with Crippen molar-refractivity contribution in [2.24, 2.45) is 0 Å². The molecule has 2 aliphatic rings. The summed E-state index contributed by atoms with van der Waals surface area (Å²) >= 11 is 0. The number of cyclic esters (lactones) is 1. The number of piperidine rings is 1. The zero-order valence-electron chi connectivity index (χ0n) is 19.1. The van der Waals surface area contributed by atoms with Crippen LogP contribution in [0.5, 0.6) is 0 Å². The van der Waals surface area contributed by atoms with Crippen LogP contribution in [0.2, 0.25) is 0 Å². The summed E-state index contributed by atoms with van der Waals surface area (Å²) in [6.45, 7) is 5.22. The van der Waals surface area contributed by atoms with Crippen LogP contribution in [-0.4, -0.2) is 47.4 Å². The summed E-state index contributed by atoms with van der Waals surface area (Å²) < 4.78 is 5.16. The maximum atomic E-state index is 13.0. The molecule has 172 valence electrons. The summed E-state index contributed by atoms with van der Waals surface area (Å²) in [7, 11) is 0. The van der Waals surface area contributed by atoms with E-state index in [2.05, 4.69) is 28.2 Å². The average Bonchev–Trinajstić information content (AvgIpc) is 3.25. The Labute approximate surface area is 198 Å². The minimum Gasteiger partial charge on any atom is -0.457 e. The highest BCUT2D eigenvalue weighted by atomic mass is 16.5. The van der Waals surface area contributed by atoms with E-state index in [-0.39, 0.29) is 17.9 Å². The third-order valence-electron chi connectivity index (χ3n) is 7.03. The van der Waals surface area contributed by atoms with E-state index in [4.69, 9.17) is 4.74 Å². The van der Waals surface area contributed by atoms with Crippen LogP contribution in [0, 0.1) is 18.3 Å². The van der Waals surface area contributed by atoms with Gasteiger partial charge in [-0.1, -0.05) is 30.3 Å². The molecule has 0 unspecified atom stereocenters. The number of nitrogens with zero attached hydrogens (tertiary/aromatic N) is 3. The van der Waals surface area contributed by atoms with Crippen LogP contribution in [0.4, 0.5) is 0 Å². The Hall–Kier alpha value is -3.76. The van der Waals surface area contributed by atoms with E-state index in [0.717, 1.165) is 55.4 Å². The van der Waals surface area contributed by atoms with Crippen LogP contribution in [0.25, 0.3) is 10.8 Å². The van der Waals surface area contributed by atoms with E-state index in [1.165, 1.54) is 11.8 Å². The van der Waals surface area contributed by atoms with E-state index in [1.54, 1.807) is 0 Å². The largest absolute Gasteiger partial charge is 0.457 e. The fourth-order valence-corrected chi connectivity index (χ4v) is 4.96. The number of carbonyl (C=O) groups is 2. The lowest BCUT2D eigenvalue weighted by Crippen LogP contribution is -2.45. The Kier molecular flexibility index (Phi) is 5.99. The molecule has 0 atom stereocenters. The van der Waals surface area contributed by atoms with Gasteiger partial charge in [0.2, 0.25) is 0 Å². The molecule has 1 saturated heterocycles. The number of benzene rings is 2. The van der Waals surface area contributed by atoms with Crippen molar-refractivity contribution in [1.82, 2.24) is 15.2 Å². The maximum absolute atomic E-state index is 13.0. The first-order valence-corrected chi connectivity index (χ1v) is 11.6. The first kappa shape index (κ1) is 22.1. The second-order valence-corrected chi connectivity index (χ2v) is 8.97. The van der Waals surface area contributed by atoms with Crippen molar-refractivity contribution in [3.05, 3.63) is 76.1 Å². The molecular weight excluding hydrogens is 428 g/mol. The Morgan fingerprint density at radius 1 is 1.21 bits per heavy atom. The van der Waals surface area contributed by atoms with Gasteiger partial charge in [-0.05, 0) is 43.4 Å². The van der Waals surface area contributed by atoms with Crippen molar-refractivity contribution in [3.8, 4) is 6.07 Å². The number of carbonyl (C=O) groups excluding carboxylic acids is 2. The van der Waals surface area contributed by atoms with Gasteiger partial charge in [-0.15, -0.1) is 0 Å². The lowest BCUT2D eigenvalue weighted by atomic mass is 9.96. The van der Waals surface area contributed by atoms with Crippen molar-refractivity contribution in [2.75, 3.05) is 19.6 Å².